The molecule has 2 aliphatic rings. The zero-order valence-electron chi connectivity index (χ0n) is 17.2. The Morgan fingerprint density at radius 2 is 1.83 bits per heavy atom. The van der Waals surface area contributed by atoms with E-state index in [0.29, 0.717) is 13.0 Å². The summed E-state index contributed by atoms with van der Waals surface area (Å²) in [5, 5.41) is 0. The van der Waals surface area contributed by atoms with Crippen LogP contribution in [0.5, 0.6) is 0 Å². The summed E-state index contributed by atoms with van der Waals surface area (Å²) in [6.07, 6.45) is 0.638. The van der Waals surface area contributed by atoms with E-state index in [4.69, 9.17) is 0 Å². The van der Waals surface area contributed by atoms with Gasteiger partial charge in [0.25, 0.3) is 0 Å². The number of aromatic nitrogens is 1. The number of Topliss-reactive ketones (excluding diaryl/α,β-unsaturated/α-hetero) is 1. The van der Waals surface area contributed by atoms with Gasteiger partial charge in [-0.3, -0.25) is 4.79 Å². The van der Waals surface area contributed by atoms with E-state index in [2.05, 4.69) is 33.7 Å². The van der Waals surface area contributed by atoms with Crippen LogP contribution in [0, 0.1) is 13.8 Å². The number of ketones is 1. The highest BCUT2D eigenvalue weighted by Gasteiger charge is 2.32. The molecule has 0 aliphatic carbocycles. The van der Waals surface area contributed by atoms with Crippen LogP contribution in [-0.2, 0) is 9.84 Å². The van der Waals surface area contributed by atoms with Crippen molar-refractivity contribution >= 4 is 21.3 Å². The second-order valence-electron chi connectivity index (χ2n) is 8.38. The van der Waals surface area contributed by atoms with Gasteiger partial charge in [0.2, 0.25) is 5.78 Å². The van der Waals surface area contributed by atoms with Crippen LogP contribution in [0.3, 0.4) is 0 Å². The van der Waals surface area contributed by atoms with Gasteiger partial charge in [-0.25, -0.2) is 8.42 Å². The first-order valence-electron chi connectivity index (χ1n) is 10.4. The molecule has 29 heavy (non-hydrogen) atoms. The number of nitrogens with one attached hydrogen (secondary N) is 1. The lowest BCUT2D eigenvalue weighted by atomic mass is 10.1. The average Bonchev–Trinajstić information content (AvgIpc) is 3.21. The molecule has 7 heteroatoms. The molecule has 156 valence electrons. The molecule has 2 saturated heterocycles. The highest BCUT2D eigenvalue weighted by molar-refractivity contribution is 7.91. The maximum atomic E-state index is 13.0. The highest BCUT2D eigenvalue weighted by atomic mass is 32.2. The normalized spacial score (nSPS) is 22.1. The number of para-hydroxylation sites is 1. The van der Waals surface area contributed by atoms with Crippen LogP contribution in [0.2, 0.25) is 0 Å². The molecule has 0 unspecified atom stereocenters. The van der Waals surface area contributed by atoms with Gasteiger partial charge in [-0.2, -0.15) is 0 Å². The molecule has 0 radical (unpaired) electrons. The topological polar surface area (TPSA) is 63.8 Å². The van der Waals surface area contributed by atoms with Crippen LogP contribution >= 0.6 is 0 Å². The molecule has 1 atom stereocenters. The zero-order chi connectivity index (χ0) is 20.6. The minimum atomic E-state index is -2.95. The van der Waals surface area contributed by atoms with E-state index in [-0.39, 0.29) is 23.3 Å². The van der Waals surface area contributed by atoms with E-state index in [1.54, 1.807) is 0 Å². The summed E-state index contributed by atoms with van der Waals surface area (Å²) in [5.41, 5.74) is 3.89. The lowest BCUT2D eigenvalue weighted by Crippen LogP contribution is -3.15. The Morgan fingerprint density at radius 3 is 2.45 bits per heavy atom. The summed E-state index contributed by atoms with van der Waals surface area (Å²) in [6, 6.07) is 12.3. The summed E-state index contributed by atoms with van der Waals surface area (Å²) in [5.74, 6) is 0.589. The monoisotopic (exact) mass is 416 g/mol. The zero-order valence-corrected chi connectivity index (χ0v) is 18.0. The van der Waals surface area contributed by atoms with Gasteiger partial charge in [0.15, 0.2) is 9.84 Å². The lowest BCUT2D eigenvalue weighted by Gasteiger charge is -2.33. The van der Waals surface area contributed by atoms with Crippen molar-refractivity contribution in [2.75, 3.05) is 49.1 Å². The standard InChI is InChI=1S/C22H29N3O3S/c1-17-14-21(18(2)25(17)20-8-13-29(27,28)16-20)22(26)15-23-9-11-24(12-10-23)19-6-4-3-5-7-19/h3-7,14,20H,8-13,15-16H2,1-2H3/p+1/t20-/m0/s1. The van der Waals surface area contributed by atoms with Crippen LogP contribution in [0.15, 0.2) is 36.4 Å². The van der Waals surface area contributed by atoms with Crippen molar-refractivity contribution in [3.8, 4) is 0 Å². The maximum absolute atomic E-state index is 13.0. The van der Waals surface area contributed by atoms with Crippen molar-refractivity contribution in [2.45, 2.75) is 26.3 Å². The molecule has 0 spiro atoms. The van der Waals surface area contributed by atoms with E-state index in [1.165, 1.54) is 10.6 Å². The van der Waals surface area contributed by atoms with Crippen molar-refractivity contribution in [3.63, 3.8) is 0 Å². The molecule has 6 nitrogen and oxygen atoms in total. The van der Waals surface area contributed by atoms with Gasteiger partial charge in [-0.15, -0.1) is 0 Å². The molecule has 2 aliphatic heterocycles. The molecule has 1 aromatic heterocycles. The van der Waals surface area contributed by atoms with E-state index in [0.717, 1.165) is 43.1 Å². The molecule has 2 fully saturated rings. The SMILES string of the molecule is Cc1cc(C(=O)C[NH+]2CCN(c3ccccc3)CC2)c(C)n1[C@H]1CCS(=O)(=O)C1. The smallest absolute Gasteiger partial charge is 0.218 e. The number of benzene rings is 1. The van der Waals surface area contributed by atoms with Crippen LogP contribution in [0.4, 0.5) is 5.69 Å². The summed E-state index contributed by atoms with van der Waals surface area (Å²) in [6.45, 7) is 8.21. The number of hydrogen-bond acceptors (Lipinski definition) is 4. The van der Waals surface area contributed by atoms with E-state index < -0.39 is 9.84 Å². The molecular formula is C22H30N3O3S+. The Hall–Kier alpha value is -2.12. The first-order chi connectivity index (χ1) is 13.8. The summed E-state index contributed by atoms with van der Waals surface area (Å²) >= 11 is 0. The van der Waals surface area contributed by atoms with Gasteiger partial charge in [0.05, 0.1) is 37.7 Å². The Kier molecular flexibility index (Phi) is 5.53. The third kappa shape index (κ3) is 4.26. The van der Waals surface area contributed by atoms with Gasteiger partial charge >= 0.3 is 0 Å². The number of carbonyl (C=O) groups is 1. The number of quaternary nitrogens is 1. The van der Waals surface area contributed by atoms with Crippen LogP contribution in [0.25, 0.3) is 0 Å². The quantitative estimate of drug-likeness (QED) is 0.740. The number of rotatable bonds is 5. The first-order valence-corrected chi connectivity index (χ1v) is 12.2. The number of aryl methyl sites for hydroxylation is 1. The summed E-state index contributed by atoms with van der Waals surface area (Å²) in [4.78, 5) is 16.7. The predicted molar refractivity (Wildman–Crippen MR) is 115 cm³/mol. The Labute approximate surface area is 173 Å². The molecule has 2 aromatic rings. The van der Waals surface area contributed by atoms with Crippen molar-refractivity contribution < 1.29 is 18.1 Å². The van der Waals surface area contributed by atoms with Crippen molar-refractivity contribution in [1.29, 1.82) is 0 Å². The molecule has 0 bridgehead atoms. The number of sulfone groups is 1. The van der Waals surface area contributed by atoms with Crippen molar-refractivity contribution in [3.05, 3.63) is 53.3 Å². The second-order valence-corrected chi connectivity index (χ2v) is 10.6. The third-order valence-corrected chi connectivity index (χ3v) is 8.11. The summed E-state index contributed by atoms with van der Waals surface area (Å²) in [7, 11) is -2.95. The minimum absolute atomic E-state index is 0.0386. The average molecular weight is 417 g/mol. The Bertz CT molecular complexity index is 990. The second kappa shape index (κ2) is 7.95. The molecule has 1 aromatic carbocycles. The molecule has 0 amide bonds. The first kappa shape index (κ1) is 20.2. The molecule has 1 N–H and O–H groups in total. The van der Waals surface area contributed by atoms with E-state index in [9.17, 15) is 13.2 Å². The van der Waals surface area contributed by atoms with Crippen LogP contribution < -0.4 is 9.80 Å². The van der Waals surface area contributed by atoms with Gasteiger partial charge < -0.3 is 14.4 Å². The lowest BCUT2D eigenvalue weighted by molar-refractivity contribution is -0.892. The highest BCUT2D eigenvalue weighted by Crippen LogP contribution is 2.29. The van der Waals surface area contributed by atoms with Gasteiger partial charge in [-0.1, -0.05) is 18.2 Å². The predicted octanol–water partition coefficient (Wildman–Crippen LogP) is 1.05. The maximum Gasteiger partial charge on any atom is 0.218 e. The van der Waals surface area contributed by atoms with Gasteiger partial charge in [0.1, 0.15) is 6.54 Å². The minimum Gasteiger partial charge on any atom is -0.360 e. The Balaban J connectivity index is 1.40. The van der Waals surface area contributed by atoms with Crippen molar-refractivity contribution in [2.24, 2.45) is 0 Å². The number of piperazine rings is 1. The number of carbonyl (C=O) groups excluding carboxylic acids is 1. The van der Waals surface area contributed by atoms with Gasteiger partial charge in [-0.05, 0) is 38.5 Å². The number of anilines is 1. The summed E-state index contributed by atoms with van der Waals surface area (Å²) < 4.78 is 25.8. The van der Waals surface area contributed by atoms with E-state index >= 15 is 0 Å². The fraction of sp³-hybridized carbons (Fsp3) is 0.500. The number of nitrogens with zero attached hydrogens (tertiary/aromatic N) is 2. The van der Waals surface area contributed by atoms with Gasteiger partial charge in [0, 0.05) is 28.7 Å². The molecule has 0 saturated carbocycles. The molecule has 3 heterocycles. The fourth-order valence-corrected chi connectivity index (χ4v) is 6.52. The largest absolute Gasteiger partial charge is 0.360 e. The van der Waals surface area contributed by atoms with Crippen LogP contribution in [0.1, 0.15) is 34.2 Å². The van der Waals surface area contributed by atoms with Crippen LogP contribution in [-0.4, -0.2) is 63.0 Å². The van der Waals surface area contributed by atoms with Crippen molar-refractivity contribution in [1.82, 2.24) is 4.57 Å². The number of hydrogen-bond donors (Lipinski definition) is 1. The van der Waals surface area contributed by atoms with E-state index in [1.807, 2.05) is 26.0 Å². The molecular weight excluding hydrogens is 386 g/mol. The fourth-order valence-electron chi connectivity index (χ4n) is 4.82. The Morgan fingerprint density at radius 1 is 1.14 bits per heavy atom. The third-order valence-electron chi connectivity index (χ3n) is 6.36. The molecule has 4 rings (SSSR count).